The fourth-order valence-electron chi connectivity index (χ4n) is 2.86. The minimum absolute atomic E-state index is 0.977. The van der Waals surface area contributed by atoms with E-state index in [2.05, 4.69) is 20.8 Å². The van der Waals surface area contributed by atoms with Gasteiger partial charge in [0, 0.05) is 0 Å². The van der Waals surface area contributed by atoms with E-state index in [4.69, 9.17) is 0 Å². The van der Waals surface area contributed by atoms with Gasteiger partial charge in [0.25, 0.3) is 0 Å². The largest absolute Gasteiger partial charge is 0.0654 e. The van der Waals surface area contributed by atoms with Crippen LogP contribution in [0.25, 0.3) is 0 Å². The first-order valence-corrected chi connectivity index (χ1v) is 5.75. The highest BCUT2D eigenvalue weighted by molar-refractivity contribution is 4.76. The predicted molar refractivity (Wildman–Crippen MR) is 55.2 cm³/mol. The molecule has 0 heterocycles. The standard InChI is InChI=1S/C12H24/c1-4-7-10(2)12-9-6-5-8-11(12)3/h10-12H,4-9H2,1-3H3. The van der Waals surface area contributed by atoms with Gasteiger partial charge in [-0.15, -0.1) is 0 Å². The van der Waals surface area contributed by atoms with Crippen molar-refractivity contribution in [2.24, 2.45) is 17.8 Å². The zero-order valence-electron chi connectivity index (χ0n) is 8.97. The molecule has 0 aromatic heterocycles. The second-order valence-corrected chi connectivity index (χ2v) is 4.69. The van der Waals surface area contributed by atoms with Crippen LogP contribution in [0.4, 0.5) is 0 Å². The van der Waals surface area contributed by atoms with Crippen LogP contribution in [0.2, 0.25) is 0 Å². The van der Waals surface area contributed by atoms with Gasteiger partial charge in [-0.1, -0.05) is 52.9 Å². The molecular formula is C12H24. The maximum atomic E-state index is 2.45. The number of rotatable bonds is 3. The van der Waals surface area contributed by atoms with Crippen LogP contribution < -0.4 is 0 Å². The molecule has 0 aromatic carbocycles. The summed E-state index contributed by atoms with van der Waals surface area (Å²) in [6.07, 6.45) is 8.76. The lowest BCUT2D eigenvalue weighted by Gasteiger charge is -2.33. The fourth-order valence-corrected chi connectivity index (χ4v) is 2.86. The average Bonchev–Trinajstić information content (AvgIpc) is 2.05. The Morgan fingerprint density at radius 2 is 1.92 bits per heavy atom. The molecule has 1 rings (SSSR count). The molecule has 3 unspecified atom stereocenters. The lowest BCUT2D eigenvalue weighted by atomic mass is 9.73. The van der Waals surface area contributed by atoms with Crippen molar-refractivity contribution in [2.75, 3.05) is 0 Å². The molecule has 0 aromatic rings. The maximum absolute atomic E-state index is 2.45. The van der Waals surface area contributed by atoms with E-state index in [1.165, 1.54) is 38.5 Å². The van der Waals surface area contributed by atoms with Crippen molar-refractivity contribution < 1.29 is 0 Å². The van der Waals surface area contributed by atoms with E-state index in [0.29, 0.717) is 0 Å². The quantitative estimate of drug-likeness (QED) is 0.591. The molecule has 72 valence electrons. The molecule has 0 spiro atoms. The molecule has 1 saturated carbocycles. The van der Waals surface area contributed by atoms with Gasteiger partial charge in [-0.2, -0.15) is 0 Å². The van der Waals surface area contributed by atoms with E-state index in [-0.39, 0.29) is 0 Å². The molecule has 0 nitrogen and oxygen atoms in total. The van der Waals surface area contributed by atoms with Crippen LogP contribution in [0.5, 0.6) is 0 Å². The van der Waals surface area contributed by atoms with E-state index in [1.54, 1.807) is 0 Å². The average molecular weight is 168 g/mol. The van der Waals surface area contributed by atoms with Crippen LogP contribution >= 0.6 is 0 Å². The normalized spacial score (nSPS) is 33.2. The molecule has 1 fully saturated rings. The van der Waals surface area contributed by atoms with Crippen molar-refractivity contribution >= 4 is 0 Å². The first kappa shape index (κ1) is 10.1. The van der Waals surface area contributed by atoms with Gasteiger partial charge in [-0.3, -0.25) is 0 Å². The van der Waals surface area contributed by atoms with Gasteiger partial charge in [-0.25, -0.2) is 0 Å². The Kier molecular flexibility index (Phi) is 4.11. The van der Waals surface area contributed by atoms with Crippen LogP contribution in [0.1, 0.15) is 59.3 Å². The molecule has 0 saturated heterocycles. The van der Waals surface area contributed by atoms with Gasteiger partial charge in [0.2, 0.25) is 0 Å². The highest BCUT2D eigenvalue weighted by Gasteiger charge is 2.25. The summed E-state index contributed by atoms with van der Waals surface area (Å²) >= 11 is 0. The lowest BCUT2D eigenvalue weighted by Crippen LogP contribution is -2.23. The summed E-state index contributed by atoms with van der Waals surface area (Å²) in [7, 11) is 0. The van der Waals surface area contributed by atoms with Gasteiger partial charge < -0.3 is 0 Å². The van der Waals surface area contributed by atoms with Crippen molar-refractivity contribution in [2.45, 2.75) is 59.3 Å². The Morgan fingerprint density at radius 1 is 1.25 bits per heavy atom. The Balaban J connectivity index is 2.36. The van der Waals surface area contributed by atoms with Gasteiger partial charge in [0.05, 0.1) is 0 Å². The molecule has 1 aliphatic rings. The van der Waals surface area contributed by atoms with Gasteiger partial charge in [0.1, 0.15) is 0 Å². The first-order valence-electron chi connectivity index (χ1n) is 5.75. The monoisotopic (exact) mass is 168 g/mol. The Morgan fingerprint density at radius 3 is 2.50 bits per heavy atom. The third-order valence-electron chi connectivity index (χ3n) is 3.65. The number of hydrogen-bond donors (Lipinski definition) is 0. The van der Waals surface area contributed by atoms with Crippen molar-refractivity contribution in [1.82, 2.24) is 0 Å². The molecule has 0 amide bonds. The smallest absolute Gasteiger partial charge is 0.0363 e. The maximum Gasteiger partial charge on any atom is -0.0363 e. The minimum Gasteiger partial charge on any atom is -0.0654 e. The second kappa shape index (κ2) is 4.89. The molecular weight excluding hydrogens is 144 g/mol. The number of hydrogen-bond acceptors (Lipinski definition) is 0. The molecule has 0 bridgehead atoms. The van der Waals surface area contributed by atoms with Crippen LogP contribution in [0.15, 0.2) is 0 Å². The molecule has 12 heavy (non-hydrogen) atoms. The van der Waals surface area contributed by atoms with Crippen LogP contribution in [-0.2, 0) is 0 Å². The Bertz CT molecular complexity index is 117. The van der Waals surface area contributed by atoms with Crippen molar-refractivity contribution in [3.8, 4) is 0 Å². The van der Waals surface area contributed by atoms with Crippen molar-refractivity contribution in [3.63, 3.8) is 0 Å². The topological polar surface area (TPSA) is 0 Å². The Hall–Kier alpha value is 0. The van der Waals surface area contributed by atoms with Crippen LogP contribution in [-0.4, -0.2) is 0 Å². The summed E-state index contributed by atoms with van der Waals surface area (Å²) in [5, 5.41) is 0. The molecule has 3 atom stereocenters. The molecule has 0 radical (unpaired) electrons. The summed E-state index contributed by atoms with van der Waals surface area (Å²) in [6.45, 7) is 7.22. The van der Waals surface area contributed by atoms with Crippen LogP contribution in [0, 0.1) is 17.8 Å². The summed E-state index contributed by atoms with van der Waals surface area (Å²) in [6, 6.07) is 0. The fraction of sp³-hybridized carbons (Fsp3) is 1.00. The molecule has 0 heteroatoms. The lowest BCUT2D eigenvalue weighted by molar-refractivity contribution is 0.177. The third-order valence-corrected chi connectivity index (χ3v) is 3.65. The highest BCUT2D eigenvalue weighted by Crippen LogP contribution is 2.36. The molecule has 0 N–H and O–H groups in total. The second-order valence-electron chi connectivity index (χ2n) is 4.69. The minimum atomic E-state index is 0.977. The van der Waals surface area contributed by atoms with E-state index in [0.717, 1.165) is 17.8 Å². The van der Waals surface area contributed by atoms with E-state index in [9.17, 15) is 0 Å². The predicted octanol–water partition coefficient (Wildman–Crippen LogP) is 4.25. The Labute approximate surface area is 77.7 Å². The summed E-state index contributed by atoms with van der Waals surface area (Å²) in [4.78, 5) is 0. The van der Waals surface area contributed by atoms with E-state index in [1.807, 2.05) is 0 Å². The summed E-state index contributed by atoms with van der Waals surface area (Å²) in [5.41, 5.74) is 0. The van der Waals surface area contributed by atoms with E-state index >= 15 is 0 Å². The van der Waals surface area contributed by atoms with Gasteiger partial charge >= 0.3 is 0 Å². The first-order chi connectivity index (χ1) is 5.75. The zero-order valence-corrected chi connectivity index (χ0v) is 8.97. The van der Waals surface area contributed by atoms with E-state index < -0.39 is 0 Å². The van der Waals surface area contributed by atoms with Crippen molar-refractivity contribution in [1.29, 1.82) is 0 Å². The van der Waals surface area contributed by atoms with Crippen molar-refractivity contribution in [3.05, 3.63) is 0 Å². The van der Waals surface area contributed by atoms with Gasteiger partial charge in [0.15, 0.2) is 0 Å². The summed E-state index contributed by atoms with van der Waals surface area (Å²) < 4.78 is 0. The highest BCUT2D eigenvalue weighted by atomic mass is 14.3. The molecule has 0 aliphatic heterocycles. The van der Waals surface area contributed by atoms with Gasteiger partial charge in [-0.05, 0) is 24.2 Å². The van der Waals surface area contributed by atoms with Crippen LogP contribution in [0.3, 0.4) is 0 Å². The molecule has 1 aliphatic carbocycles. The third kappa shape index (κ3) is 2.50. The SMILES string of the molecule is CCCC(C)C1CCCCC1C. The summed E-state index contributed by atoms with van der Waals surface area (Å²) in [5.74, 6) is 3.02. The zero-order chi connectivity index (χ0) is 8.97.